The van der Waals surface area contributed by atoms with Crippen LogP contribution in [0.3, 0.4) is 0 Å². The predicted octanol–water partition coefficient (Wildman–Crippen LogP) is 4.28. The zero-order chi connectivity index (χ0) is 47.9. The first-order valence-corrected chi connectivity index (χ1v) is 22.9. The summed E-state index contributed by atoms with van der Waals surface area (Å²) in [6.07, 6.45) is 2.21. The number of imide groups is 2. The average Bonchev–Trinajstić information content (AvgIpc) is 3.89. The quantitative estimate of drug-likeness (QED) is 0.0623. The van der Waals surface area contributed by atoms with Crippen LogP contribution in [0.15, 0.2) is 60.1 Å². The highest BCUT2D eigenvalue weighted by Gasteiger charge is 2.48. The number of carbonyl (C=O) groups excluding carboxylic acids is 8. The van der Waals surface area contributed by atoms with Gasteiger partial charge in [0.05, 0.1) is 23.3 Å². The molecule has 7 rings (SSSR count). The van der Waals surface area contributed by atoms with E-state index in [1.165, 1.54) is 12.1 Å². The SMILES string of the molecule is C=CCOC(=O)NCC(=O)NCN1C(=O)CCC(N2C(=O)c3cccc(CNC(=O)CCCCCNC(=O)C[C@@H]4N=C(c5ccc(Cl)cc5)c5c(sc(C)c5C)-n5c(C)nnc54)c3C2=O)C1=O. The summed E-state index contributed by atoms with van der Waals surface area (Å²) in [7, 11) is 0. The number of rotatable bonds is 18. The fourth-order valence-corrected chi connectivity index (χ4v) is 9.42. The van der Waals surface area contributed by atoms with Crippen molar-refractivity contribution in [2.45, 2.75) is 84.3 Å². The molecule has 0 radical (unpaired) electrons. The molecule has 1 fully saturated rings. The van der Waals surface area contributed by atoms with E-state index < -0.39 is 60.9 Å². The number of nitrogens with one attached hydrogen (secondary N) is 4. The van der Waals surface area contributed by atoms with Gasteiger partial charge >= 0.3 is 6.09 Å². The number of halogens is 1. The zero-order valence-corrected chi connectivity index (χ0v) is 38.7. The number of hydrogen-bond donors (Lipinski definition) is 4. The molecule has 1 unspecified atom stereocenters. The van der Waals surface area contributed by atoms with Crippen molar-refractivity contribution >= 4 is 76.1 Å². The molecule has 67 heavy (non-hydrogen) atoms. The molecule has 5 heterocycles. The minimum absolute atomic E-state index is 0.0471. The Bertz CT molecular complexity index is 2690. The number of thiophene rings is 1. The summed E-state index contributed by atoms with van der Waals surface area (Å²) in [6, 6.07) is 10.2. The van der Waals surface area contributed by atoms with Crippen molar-refractivity contribution in [2.24, 2.45) is 4.99 Å². The van der Waals surface area contributed by atoms with Gasteiger partial charge in [-0.1, -0.05) is 54.9 Å². The summed E-state index contributed by atoms with van der Waals surface area (Å²) in [5.74, 6) is -2.84. The van der Waals surface area contributed by atoms with Crippen LogP contribution in [0.1, 0.15) is 110 Å². The highest BCUT2D eigenvalue weighted by atomic mass is 35.5. The lowest BCUT2D eigenvalue weighted by Gasteiger charge is -2.34. The van der Waals surface area contributed by atoms with Crippen molar-refractivity contribution in [1.29, 1.82) is 0 Å². The highest BCUT2D eigenvalue weighted by Crippen LogP contribution is 2.40. The Labute approximate surface area is 394 Å². The van der Waals surface area contributed by atoms with Crippen molar-refractivity contribution in [3.63, 3.8) is 0 Å². The molecule has 19 nitrogen and oxygen atoms in total. The molecule has 3 aliphatic rings. The van der Waals surface area contributed by atoms with E-state index in [9.17, 15) is 38.4 Å². The number of fused-ring (bicyclic) bond motifs is 4. The number of amides is 8. The third kappa shape index (κ3) is 10.5. The van der Waals surface area contributed by atoms with Gasteiger partial charge in [0.2, 0.25) is 23.6 Å². The van der Waals surface area contributed by atoms with Gasteiger partial charge in [0, 0.05) is 47.0 Å². The van der Waals surface area contributed by atoms with E-state index in [2.05, 4.69) is 51.9 Å². The van der Waals surface area contributed by atoms with Crippen molar-refractivity contribution < 1.29 is 43.1 Å². The minimum Gasteiger partial charge on any atom is -0.445 e. The number of benzene rings is 2. The van der Waals surface area contributed by atoms with E-state index in [4.69, 9.17) is 21.3 Å². The molecule has 2 aromatic heterocycles. The van der Waals surface area contributed by atoms with Crippen LogP contribution in [0.2, 0.25) is 5.02 Å². The van der Waals surface area contributed by atoms with Crippen LogP contribution in [-0.2, 0) is 35.3 Å². The third-order valence-electron chi connectivity index (χ3n) is 11.6. The van der Waals surface area contributed by atoms with Gasteiger partial charge in [-0.2, -0.15) is 0 Å². The Kier molecular flexibility index (Phi) is 15.0. The van der Waals surface area contributed by atoms with Crippen LogP contribution in [0, 0.1) is 20.8 Å². The van der Waals surface area contributed by atoms with Crippen molar-refractivity contribution in [3.05, 3.63) is 110 Å². The number of aliphatic imine (C=N–C) groups is 1. The van der Waals surface area contributed by atoms with Gasteiger partial charge in [0.15, 0.2) is 5.82 Å². The number of alkyl carbamates (subject to hydrolysis) is 1. The second-order valence-corrected chi connectivity index (χ2v) is 17.7. The molecule has 2 aromatic carbocycles. The maximum absolute atomic E-state index is 13.8. The van der Waals surface area contributed by atoms with Crippen molar-refractivity contribution in [3.8, 4) is 5.00 Å². The summed E-state index contributed by atoms with van der Waals surface area (Å²) < 4.78 is 6.72. The molecule has 4 N–H and O–H groups in total. The molecule has 4 aromatic rings. The molecule has 0 bridgehead atoms. The smallest absolute Gasteiger partial charge is 0.407 e. The Balaban J connectivity index is 0.877. The fourth-order valence-electron chi connectivity index (χ4n) is 8.08. The molecule has 1 saturated heterocycles. The van der Waals surface area contributed by atoms with E-state index in [1.54, 1.807) is 23.5 Å². The lowest BCUT2D eigenvalue weighted by Crippen LogP contribution is -2.58. The monoisotopic (exact) mass is 952 g/mol. The average molecular weight is 953 g/mol. The number of aromatic nitrogens is 3. The van der Waals surface area contributed by atoms with Gasteiger partial charge in [-0.3, -0.25) is 52.9 Å². The van der Waals surface area contributed by atoms with Gasteiger partial charge in [-0.15, -0.1) is 21.5 Å². The van der Waals surface area contributed by atoms with Gasteiger partial charge in [0.1, 0.15) is 42.7 Å². The summed E-state index contributed by atoms with van der Waals surface area (Å²) in [4.78, 5) is 112. The number of hydrogen-bond acceptors (Lipinski definition) is 13. The third-order valence-corrected chi connectivity index (χ3v) is 13.0. The number of unbranched alkanes of at least 4 members (excludes halogenated alkanes) is 2. The first kappa shape index (κ1) is 47.9. The number of nitrogens with zero attached hydrogens (tertiary/aromatic N) is 6. The van der Waals surface area contributed by atoms with E-state index in [0.717, 1.165) is 42.1 Å². The van der Waals surface area contributed by atoms with E-state index in [-0.39, 0.29) is 61.8 Å². The lowest BCUT2D eigenvalue weighted by atomic mass is 9.99. The summed E-state index contributed by atoms with van der Waals surface area (Å²) in [5, 5.41) is 20.8. The highest BCUT2D eigenvalue weighted by molar-refractivity contribution is 7.15. The summed E-state index contributed by atoms with van der Waals surface area (Å²) >= 11 is 7.86. The van der Waals surface area contributed by atoms with Crippen molar-refractivity contribution in [1.82, 2.24) is 45.8 Å². The van der Waals surface area contributed by atoms with Crippen LogP contribution >= 0.6 is 22.9 Å². The number of carbonyl (C=O) groups is 8. The molecule has 21 heteroatoms. The zero-order valence-electron chi connectivity index (χ0n) is 37.1. The maximum atomic E-state index is 13.8. The van der Waals surface area contributed by atoms with E-state index in [1.807, 2.05) is 35.8 Å². The number of aryl methyl sites for hydroxylation is 2. The first-order valence-electron chi connectivity index (χ1n) is 21.7. The Morgan fingerprint density at radius 3 is 2.43 bits per heavy atom. The normalized spacial score (nSPS) is 16.4. The van der Waals surface area contributed by atoms with Crippen LogP contribution in [0.5, 0.6) is 0 Å². The molecule has 8 amide bonds. The molecule has 350 valence electrons. The topological polar surface area (TPSA) is 243 Å². The summed E-state index contributed by atoms with van der Waals surface area (Å²) in [6.45, 7) is 8.65. The standard InChI is InChI=1S/C46H49ClN10O9S/c1-5-20-66-46(65)50-23-36(60)51-24-55-37(61)18-17-33(43(55)63)57-42(62)31-11-9-10-29(39(31)44(57)64)22-49-34(58)12-7-6-8-19-48-35(59)21-32-41-54-53-27(4)56(41)45-38(25(2)26(3)67-45)40(52-32)28-13-15-30(47)16-14-28/h5,9-11,13-16,32-33H,1,6-8,12,17-24H2,2-4H3,(H,48,59)(H,49,58)(H,50,65)(H,51,60)/t32-,33?/m0/s1. The van der Waals surface area contributed by atoms with Crippen LogP contribution in [-0.4, -0.2) is 110 Å². The van der Waals surface area contributed by atoms with Gasteiger partial charge < -0.3 is 26.0 Å². The molecule has 0 saturated carbocycles. The molecule has 3 aliphatic heterocycles. The number of ether oxygens (including phenoxy) is 1. The van der Waals surface area contributed by atoms with Gasteiger partial charge in [0.25, 0.3) is 17.7 Å². The second kappa shape index (κ2) is 21.1. The fraction of sp³-hybridized carbons (Fsp3) is 0.370. The largest absolute Gasteiger partial charge is 0.445 e. The molecular weight excluding hydrogens is 904 g/mol. The molecule has 0 spiro atoms. The molecular formula is C46H49ClN10O9S. The molecule has 2 atom stereocenters. The summed E-state index contributed by atoms with van der Waals surface area (Å²) in [5.41, 5.74) is 4.19. The minimum atomic E-state index is -1.31. The number of piperidine rings is 1. The Morgan fingerprint density at radius 1 is 0.896 bits per heavy atom. The van der Waals surface area contributed by atoms with Crippen LogP contribution < -0.4 is 21.3 Å². The Hall–Kier alpha value is -7.06. The van der Waals surface area contributed by atoms with Crippen LogP contribution in [0.4, 0.5) is 4.79 Å². The Morgan fingerprint density at radius 2 is 1.67 bits per heavy atom. The maximum Gasteiger partial charge on any atom is 0.407 e. The van der Waals surface area contributed by atoms with E-state index >= 15 is 0 Å². The van der Waals surface area contributed by atoms with Gasteiger partial charge in [-0.05, 0) is 69.4 Å². The number of likely N-dealkylation sites (tertiary alicyclic amines) is 1. The van der Waals surface area contributed by atoms with Crippen molar-refractivity contribution in [2.75, 3.05) is 26.4 Å². The molecule has 0 aliphatic carbocycles. The van der Waals surface area contributed by atoms with Crippen LogP contribution in [0.25, 0.3) is 5.00 Å². The first-order chi connectivity index (χ1) is 32.2. The van der Waals surface area contributed by atoms with E-state index in [0.29, 0.717) is 48.0 Å². The lowest BCUT2D eigenvalue weighted by molar-refractivity contribution is -0.152. The predicted molar refractivity (Wildman–Crippen MR) is 246 cm³/mol. The second-order valence-electron chi connectivity index (χ2n) is 16.1. The van der Waals surface area contributed by atoms with Gasteiger partial charge in [-0.25, -0.2) is 4.79 Å².